The molecule has 0 atom stereocenters. The van der Waals surface area contributed by atoms with Gasteiger partial charge in [0.15, 0.2) is 0 Å². The van der Waals surface area contributed by atoms with E-state index < -0.39 is 0 Å². The normalized spacial score (nSPS) is 14.6. The fourth-order valence-corrected chi connectivity index (χ4v) is 4.08. The first-order chi connectivity index (χ1) is 15.2. The molecule has 1 aliphatic rings. The van der Waals surface area contributed by atoms with Crippen molar-refractivity contribution in [1.82, 2.24) is 14.9 Å². The standard InChI is InChI=1S/C23H24N4O3S/c1-29-23-25-15-21(31-23)20-8-9-24-14-18(20)4-7-22(28)26-19-5-2-17(3-6-19)16-27-10-12-30-13-11-27/h2-9,14-15H,10-13,16H2,1H3,(H,26,28). The third-order valence-electron chi connectivity index (χ3n) is 4.92. The van der Waals surface area contributed by atoms with Gasteiger partial charge in [-0.25, -0.2) is 4.98 Å². The van der Waals surface area contributed by atoms with Gasteiger partial charge in [0.25, 0.3) is 5.19 Å². The molecule has 1 amide bonds. The van der Waals surface area contributed by atoms with Crippen molar-refractivity contribution in [2.75, 3.05) is 38.7 Å². The molecule has 1 fully saturated rings. The maximum atomic E-state index is 12.4. The molecule has 31 heavy (non-hydrogen) atoms. The van der Waals surface area contributed by atoms with Crippen molar-refractivity contribution in [3.63, 3.8) is 0 Å². The van der Waals surface area contributed by atoms with Crippen LogP contribution in [0.25, 0.3) is 16.5 Å². The van der Waals surface area contributed by atoms with Gasteiger partial charge in [0.05, 0.1) is 25.2 Å². The highest BCUT2D eigenvalue weighted by Crippen LogP contribution is 2.32. The van der Waals surface area contributed by atoms with E-state index in [0.29, 0.717) is 5.19 Å². The molecule has 3 aromatic rings. The predicted octanol–water partition coefficient (Wildman–Crippen LogP) is 3.70. The van der Waals surface area contributed by atoms with Crippen LogP contribution in [0.3, 0.4) is 0 Å². The van der Waals surface area contributed by atoms with Crippen molar-refractivity contribution in [2.24, 2.45) is 0 Å². The SMILES string of the molecule is COc1ncc(-c2ccncc2C=CC(=O)Nc2ccc(CN3CCOCC3)cc2)s1. The molecule has 0 aliphatic carbocycles. The number of benzene rings is 1. The second-order valence-electron chi connectivity index (χ2n) is 7.07. The number of carbonyl (C=O) groups is 1. The highest BCUT2D eigenvalue weighted by atomic mass is 32.1. The lowest BCUT2D eigenvalue weighted by atomic mass is 10.1. The van der Waals surface area contributed by atoms with Crippen molar-refractivity contribution in [2.45, 2.75) is 6.54 Å². The summed E-state index contributed by atoms with van der Waals surface area (Å²) < 4.78 is 10.6. The van der Waals surface area contributed by atoms with Gasteiger partial charge < -0.3 is 14.8 Å². The molecular formula is C23H24N4O3S. The maximum absolute atomic E-state index is 12.4. The van der Waals surface area contributed by atoms with Crippen LogP contribution in [0.15, 0.2) is 55.0 Å². The van der Waals surface area contributed by atoms with E-state index in [1.807, 2.05) is 30.3 Å². The molecule has 2 aromatic heterocycles. The first-order valence-corrected chi connectivity index (χ1v) is 10.9. The molecule has 3 heterocycles. The fraction of sp³-hybridized carbons (Fsp3) is 0.261. The highest BCUT2D eigenvalue weighted by Gasteiger charge is 2.11. The van der Waals surface area contributed by atoms with Gasteiger partial charge in [-0.05, 0) is 29.8 Å². The van der Waals surface area contributed by atoms with E-state index in [4.69, 9.17) is 9.47 Å². The average molecular weight is 437 g/mol. The Labute approximate surface area is 185 Å². The third-order valence-corrected chi connectivity index (χ3v) is 5.91. The molecule has 1 saturated heterocycles. The number of nitrogens with one attached hydrogen (secondary N) is 1. The topological polar surface area (TPSA) is 76.6 Å². The number of amides is 1. The number of thiazole rings is 1. The zero-order valence-electron chi connectivity index (χ0n) is 17.3. The van der Waals surface area contributed by atoms with Gasteiger partial charge in [-0.1, -0.05) is 23.5 Å². The molecule has 0 unspecified atom stereocenters. The van der Waals surface area contributed by atoms with Crippen LogP contribution >= 0.6 is 11.3 Å². The Morgan fingerprint density at radius 3 is 2.77 bits per heavy atom. The van der Waals surface area contributed by atoms with Crippen molar-refractivity contribution < 1.29 is 14.3 Å². The van der Waals surface area contributed by atoms with Gasteiger partial charge in [-0.2, -0.15) is 0 Å². The first-order valence-electron chi connectivity index (χ1n) is 10.0. The van der Waals surface area contributed by atoms with Crippen molar-refractivity contribution >= 4 is 29.0 Å². The lowest BCUT2D eigenvalue weighted by Crippen LogP contribution is -2.35. The summed E-state index contributed by atoms with van der Waals surface area (Å²) in [5.74, 6) is -0.197. The van der Waals surface area contributed by atoms with Crippen LogP contribution in [0.4, 0.5) is 5.69 Å². The number of hydrogen-bond donors (Lipinski definition) is 1. The summed E-state index contributed by atoms with van der Waals surface area (Å²) in [6.07, 6.45) is 8.48. The van der Waals surface area contributed by atoms with E-state index in [-0.39, 0.29) is 5.91 Å². The zero-order valence-corrected chi connectivity index (χ0v) is 18.1. The van der Waals surface area contributed by atoms with Gasteiger partial charge in [0.1, 0.15) is 0 Å². The summed E-state index contributed by atoms with van der Waals surface area (Å²) in [6.45, 7) is 4.37. The van der Waals surface area contributed by atoms with Gasteiger partial charge in [-0.3, -0.25) is 14.7 Å². The molecule has 4 rings (SSSR count). The van der Waals surface area contributed by atoms with Crippen LogP contribution in [-0.4, -0.2) is 54.2 Å². The van der Waals surface area contributed by atoms with E-state index in [0.717, 1.165) is 54.5 Å². The number of pyridine rings is 1. The summed E-state index contributed by atoms with van der Waals surface area (Å²) in [7, 11) is 1.59. The molecule has 0 radical (unpaired) electrons. The molecule has 160 valence electrons. The predicted molar refractivity (Wildman–Crippen MR) is 122 cm³/mol. The Morgan fingerprint density at radius 2 is 2.03 bits per heavy atom. The molecule has 7 nitrogen and oxygen atoms in total. The lowest BCUT2D eigenvalue weighted by molar-refractivity contribution is -0.111. The Kier molecular flexibility index (Phi) is 7.03. The number of morpholine rings is 1. The largest absolute Gasteiger partial charge is 0.473 e. The summed E-state index contributed by atoms with van der Waals surface area (Å²) in [4.78, 5) is 24.1. The number of carbonyl (C=O) groups excluding carboxylic acids is 1. The highest BCUT2D eigenvalue weighted by molar-refractivity contribution is 7.16. The molecule has 1 N–H and O–H groups in total. The van der Waals surface area contributed by atoms with Crippen molar-refractivity contribution in [3.8, 4) is 15.6 Å². The van der Waals surface area contributed by atoms with Gasteiger partial charge >= 0.3 is 0 Å². The Bertz CT molecular complexity index is 1040. The fourth-order valence-electron chi connectivity index (χ4n) is 3.30. The minimum absolute atomic E-state index is 0.197. The van der Waals surface area contributed by atoms with Crippen LogP contribution in [-0.2, 0) is 16.1 Å². The minimum Gasteiger partial charge on any atom is -0.473 e. The van der Waals surface area contributed by atoms with Gasteiger partial charge in [0.2, 0.25) is 5.91 Å². The van der Waals surface area contributed by atoms with Crippen LogP contribution in [0.1, 0.15) is 11.1 Å². The number of rotatable bonds is 7. The molecular weight excluding hydrogens is 412 g/mol. The number of nitrogens with zero attached hydrogens (tertiary/aromatic N) is 3. The first kappa shape index (κ1) is 21.2. The van der Waals surface area contributed by atoms with E-state index in [2.05, 4.69) is 20.2 Å². The number of hydrogen-bond acceptors (Lipinski definition) is 7. The van der Waals surface area contributed by atoms with Crippen LogP contribution < -0.4 is 10.1 Å². The molecule has 1 aromatic carbocycles. The van der Waals surface area contributed by atoms with Crippen LogP contribution in [0, 0.1) is 0 Å². The Hall–Kier alpha value is -3.07. The average Bonchev–Trinajstić information content (AvgIpc) is 3.29. The number of aromatic nitrogens is 2. The van der Waals surface area contributed by atoms with Crippen molar-refractivity contribution in [1.29, 1.82) is 0 Å². The second-order valence-corrected chi connectivity index (χ2v) is 8.06. The smallest absolute Gasteiger partial charge is 0.273 e. The lowest BCUT2D eigenvalue weighted by Gasteiger charge is -2.26. The third kappa shape index (κ3) is 5.75. The van der Waals surface area contributed by atoms with Crippen molar-refractivity contribution in [3.05, 3.63) is 66.1 Å². The summed E-state index contributed by atoms with van der Waals surface area (Å²) in [5.41, 5.74) is 3.77. The van der Waals surface area contributed by atoms with Gasteiger partial charge in [-0.15, -0.1) is 0 Å². The van der Waals surface area contributed by atoms with E-state index in [1.165, 1.54) is 23.0 Å². The summed E-state index contributed by atoms with van der Waals surface area (Å²) >= 11 is 1.44. The van der Waals surface area contributed by atoms with E-state index in [9.17, 15) is 4.79 Å². The minimum atomic E-state index is -0.197. The molecule has 1 aliphatic heterocycles. The van der Waals surface area contributed by atoms with Gasteiger partial charge in [0, 0.05) is 61.1 Å². The number of anilines is 1. The molecule has 0 spiro atoms. The summed E-state index contributed by atoms with van der Waals surface area (Å²) in [6, 6.07) is 9.86. The molecule has 8 heteroatoms. The van der Waals surface area contributed by atoms with E-state index in [1.54, 1.807) is 31.8 Å². The molecule has 0 saturated carbocycles. The number of methoxy groups -OCH3 is 1. The van der Waals surface area contributed by atoms with E-state index >= 15 is 0 Å². The second kappa shape index (κ2) is 10.3. The zero-order chi connectivity index (χ0) is 21.5. The Balaban J connectivity index is 1.37. The quantitative estimate of drug-likeness (QED) is 0.569. The van der Waals surface area contributed by atoms with Crippen LogP contribution in [0.2, 0.25) is 0 Å². The number of ether oxygens (including phenoxy) is 2. The summed E-state index contributed by atoms with van der Waals surface area (Å²) in [5, 5.41) is 3.50. The maximum Gasteiger partial charge on any atom is 0.273 e. The van der Waals surface area contributed by atoms with Crippen LogP contribution in [0.5, 0.6) is 5.19 Å². The Morgan fingerprint density at radius 1 is 1.23 bits per heavy atom. The molecule has 0 bridgehead atoms. The monoisotopic (exact) mass is 436 g/mol.